The monoisotopic (exact) mass is 286 g/mol. The van der Waals surface area contributed by atoms with Crippen LogP contribution in [0.15, 0.2) is 12.1 Å². The summed E-state index contributed by atoms with van der Waals surface area (Å²) >= 11 is 0. The van der Waals surface area contributed by atoms with E-state index in [2.05, 4.69) is 0 Å². The van der Waals surface area contributed by atoms with E-state index in [0.717, 1.165) is 6.07 Å². The van der Waals surface area contributed by atoms with Crippen molar-refractivity contribution in [2.45, 2.75) is 25.9 Å². The van der Waals surface area contributed by atoms with Gasteiger partial charge < -0.3 is 19.7 Å². The van der Waals surface area contributed by atoms with E-state index in [-0.39, 0.29) is 30.1 Å². The fourth-order valence-corrected chi connectivity index (χ4v) is 2.01. The highest BCUT2D eigenvalue weighted by Gasteiger charge is 2.20. The predicted octanol–water partition coefficient (Wildman–Crippen LogP) is 2.38. The number of aliphatic hydroxyl groups is 1. The van der Waals surface area contributed by atoms with Crippen molar-refractivity contribution in [2.75, 3.05) is 14.2 Å². The number of aliphatic carboxylic acids is 1. The molecule has 20 heavy (non-hydrogen) atoms. The van der Waals surface area contributed by atoms with Crippen molar-refractivity contribution >= 4 is 5.97 Å². The van der Waals surface area contributed by atoms with Crippen molar-refractivity contribution in [3.8, 4) is 11.5 Å². The fourth-order valence-electron chi connectivity index (χ4n) is 2.01. The summed E-state index contributed by atoms with van der Waals surface area (Å²) < 4.78 is 23.9. The first-order valence-electron chi connectivity index (χ1n) is 6.20. The molecule has 1 aromatic rings. The second-order valence-electron chi connectivity index (χ2n) is 4.68. The number of rotatable bonds is 7. The number of hydrogen-bond donors (Lipinski definition) is 2. The molecular formula is C14H19FO5. The molecule has 5 nitrogen and oxygen atoms in total. The quantitative estimate of drug-likeness (QED) is 0.804. The van der Waals surface area contributed by atoms with Gasteiger partial charge in [-0.25, -0.2) is 4.39 Å². The first kappa shape index (κ1) is 16.2. The number of aliphatic hydroxyl groups excluding tert-OH is 1. The van der Waals surface area contributed by atoms with Crippen molar-refractivity contribution in [1.29, 1.82) is 0 Å². The van der Waals surface area contributed by atoms with Gasteiger partial charge in [0.05, 0.1) is 20.3 Å². The maximum Gasteiger partial charge on any atom is 0.303 e. The molecule has 2 unspecified atom stereocenters. The molecule has 1 rings (SSSR count). The lowest BCUT2D eigenvalue weighted by Crippen LogP contribution is -2.10. The van der Waals surface area contributed by atoms with Crippen LogP contribution in [0.5, 0.6) is 11.5 Å². The molecule has 2 atom stereocenters. The number of carbonyl (C=O) groups is 1. The number of halogens is 1. The third kappa shape index (κ3) is 4.09. The van der Waals surface area contributed by atoms with Crippen molar-refractivity contribution in [1.82, 2.24) is 0 Å². The molecule has 0 saturated heterocycles. The van der Waals surface area contributed by atoms with Gasteiger partial charge in [-0.1, -0.05) is 6.92 Å². The zero-order valence-corrected chi connectivity index (χ0v) is 11.7. The lowest BCUT2D eigenvalue weighted by atomic mass is 9.95. The summed E-state index contributed by atoms with van der Waals surface area (Å²) in [5, 5.41) is 18.7. The van der Waals surface area contributed by atoms with Crippen molar-refractivity contribution in [3.63, 3.8) is 0 Å². The standard InChI is InChI=1S/C14H19FO5/c1-8(5-14(17)18)4-11(16)9-6-12(19-2)13(20-3)7-10(9)15/h6-8,11,16H,4-5H2,1-3H3,(H,17,18). The minimum Gasteiger partial charge on any atom is -0.493 e. The van der Waals surface area contributed by atoms with Gasteiger partial charge >= 0.3 is 5.97 Å². The van der Waals surface area contributed by atoms with Gasteiger partial charge in [-0.05, 0) is 18.4 Å². The van der Waals surface area contributed by atoms with Crippen LogP contribution in [0.3, 0.4) is 0 Å². The number of methoxy groups -OCH3 is 2. The Morgan fingerprint density at radius 3 is 2.35 bits per heavy atom. The van der Waals surface area contributed by atoms with E-state index in [1.165, 1.54) is 20.3 Å². The Kier molecular flexibility index (Phi) is 5.76. The van der Waals surface area contributed by atoms with Crippen LogP contribution in [0, 0.1) is 11.7 Å². The highest BCUT2D eigenvalue weighted by Crippen LogP contribution is 2.34. The van der Waals surface area contributed by atoms with Gasteiger partial charge in [0.25, 0.3) is 0 Å². The molecule has 2 N–H and O–H groups in total. The lowest BCUT2D eigenvalue weighted by molar-refractivity contribution is -0.138. The van der Waals surface area contributed by atoms with Crippen LogP contribution in [-0.4, -0.2) is 30.4 Å². The number of carboxylic acid groups (broad SMARTS) is 1. The normalized spacial score (nSPS) is 13.7. The summed E-state index contributed by atoms with van der Waals surface area (Å²) in [6.45, 7) is 1.69. The first-order chi connectivity index (χ1) is 9.38. The van der Waals surface area contributed by atoms with Crippen LogP contribution in [0.1, 0.15) is 31.4 Å². The largest absolute Gasteiger partial charge is 0.493 e. The molecule has 0 saturated carbocycles. The zero-order valence-electron chi connectivity index (χ0n) is 11.7. The molecule has 0 aromatic heterocycles. The number of benzene rings is 1. The third-order valence-corrected chi connectivity index (χ3v) is 3.01. The topological polar surface area (TPSA) is 76.0 Å². The molecule has 0 fully saturated rings. The molecule has 0 radical (unpaired) electrons. The Morgan fingerprint density at radius 1 is 1.30 bits per heavy atom. The molecule has 0 spiro atoms. The molecule has 0 amide bonds. The molecular weight excluding hydrogens is 267 g/mol. The van der Waals surface area contributed by atoms with E-state index in [4.69, 9.17) is 14.6 Å². The summed E-state index contributed by atoms with van der Waals surface area (Å²) in [6, 6.07) is 2.51. The van der Waals surface area contributed by atoms with E-state index < -0.39 is 17.9 Å². The summed E-state index contributed by atoms with van der Waals surface area (Å²) in [6.07, 6.45) is -1.02. The SMILES string of the molecule is COc1cc(F)c(C(O)CC(C)CC(=O)O)cc1OC. The van der Waals surface area contributed by atoms with Crippen LogP contribution in [0.4, 0.5) is 4.39 Å². The van der Waals surface area contributed by atoms with Crippen LogP contribution >= 0.6 is 0 Å². The van der Waals surface area contributed by atoms with Gasteiger partial charge in [0.2, 0.25) is 0 Å². The third-order valence-electron chi connectivity index (χ3n) is 3.01. The van der Waals surface area contributed by atoms with Gasteiger partial charge in [0, 0.05) is 18.1 Å². The van der Waals surface area contributed by atoms with Crippen molar-refractivity contribution in [3.05, 3.63) is 23.5 Å². The summed E-state index contributed by atoms with van der Waals surface area (Å²) in [7, 11) is 2.81. The Hall–Kier alpha value is -1.82. The summed E-state index contributed by atoms with van der Waals surface area (Å²) in [5.74, 6) is -1.28. The van der Waals surface area contributed by atoms with Gasteiger partial charge in [-0.3, -0.25) is 4.79 Å². The second kappa shape index (κ2) is 7.09. The Morgan fingerprint density at radius 2 is 1.85 bits per heavy atom. The molecule has 1 aromatic carbocycles. The Labute approximate surface area is 116 Å². The fraction of sp³-hybridized carbons (Fsp3) is 0.500. The van der Waals surface area contributed by atoms with E-state index >= 15 is 0 Å². The predicted molar refractivity (Wildman–Crippen MR) is 70.5 cm³/mol. The molecule has 0 aliphatic carbocycles. The Balaban J connectivity index is 2.92. The number of ether oxygens (including phenoxy) is 2. The number of hydrogen-bond acceptors (Lipinski definition) is 4. The van der Waals surface area contributed by atoms with E-state index in [9.17, 15) is 14.3 Å². The van der Waals surface area contributed by atoms with E-state index in [1.807, 2.05) is 0 Å². The average Bonchev–Trinajstić information content (AvgIpc) is 2.36. The lowest BCUT2D eigenvalue weighted by Gasteiger charge is -2.18. The van der Waals surface area contributed by atoms with Crippen LogP contribution in [-0.2, 0) is 4.79 Å². The second-order valence-corrected chi connectivity index (χ2v) is 4.68. The minimum absolute atomic E-state index is 0.0693. The maximum atomic E-state index is 13.9. The maximum absolute atomic E-state index is 13.9. The zero-order chi connectivity index (χ0) is 15.3. The van der Waals surface area contributed by atoms with Crippen molar-refractivity contribution < 1.29 is 28.9 Å². The molecule has 112 valence electrons. The van der Waals surface area contributed by atoms with E-state index in [1.54, 1.807) is 6.92 Å². The average molecular weight is 286 g/mol. The van der Waals surface area contributed by atoms with Crippen LogP contribution in [0.2, 0.25) is 0 Å². The molecule has 6 heteroatoms. The van der Waals surface area contributed by atoms with Crippen molar-refractivity contribution in [2.24, 2.45) is 5.92 Å². The van der Waals surface area contributed by atoms with Gasteiger partial charge in [-0.15, -0.1) is 0 Å². The Bertz CT molecular complexity index is 475. The molecule has 0 aliphatic rings. The highest BCUT2D eigenvalue weighted by molar-refractivity contribution is 5.66. The smallest absolute Gasteiger partial charge is 0.303 e. The first-order valence-corrected chi connectivity index (χ1v) is 6.20. The molecule has 0 aliphatic heterocycles. The highest BCUT2D eigenvalue weighted by atomic mass is 19.1. The number of carboxylic acids is 1. The van der Waals surface area contributed by atoms with Gasteiger partial charge in [0.15, 0.2) is 11.5 Å². The molecule has 0 bridgehead atoms. The minimum atomic E-state index is -1.09. The summed E-state index contributed by atoms with van der Waals surface area (Å²) in [5.41, 5.74) is 0.0693. The van der Waals surface area contributed by atoms with Gasteiger partial charge in [0.1, 0.15) is 5.82 Å². The molecule has 0 heterocycles. The van der Waals surface area contributed by atoms with E-state index in [0.29, 0.717) is 5.75 Å². The van der Waals surface area contributed by atoms with Crippen LogP contribution in [0.25, 0.3) is 0 Å². The summed E-state index contributed by atoms with van der Waals surface area (Å²) in [4.78, 5) is 10.6. The van der Waals surface area contributed by atoms with Crippen LogP contribution < -0.4 is 9.47 Å². The van der Waals surface area contributed by atoms with Gasteiger partial charge in [-0.2, -0.15) is 0 Å².